The van der Waals surface area contributed by atoms with Crippen LogP contribution in [0.2, 0.25) is 0 Å². The van der Waals surface area contributed by atoms with E-state index < -0.39 is 0 Å². The summed E-state index contributed by atoms with van der Waals surface area (Å²) in [5.41, 5.74) is 3.37. The zero-order valence-corrected chi connectivity index (χ0v) is 11.5. The van der Waals surface area contributed by atoms with Gasteiger partial charge < -0.3 is 9.80 Å². The summed E-state index contributed by atoms with van der Waals surface area (Å²) < 4.78 is 0. The molecule has 1 saturated heterocycles. The van der Waals surface area contributed by atoms with Crippen molar-refractivity contribution in [2.45, 2.75) is 40.2 Å². The highest BCUT2D eigenvalue weighted by Gasteiger charge is 2.35. The number of nitrogens with zero attached hydrogens (tertiary/aromatic N) is 2. The molecule has 16 heavy (non-hydrogen) atoms. The molecule has 2 nitrogen and oxygen atoms in total. The molecule has 1 fully saturated rings. The first kappa shape index (κ1) is 12.0. The summed E-state index contributed by atoms with van der Waals surface area (Å²) in [4.78, 5) is 5.11. The number of likely N-dealkylation sites (tertiary alicyclic amines) is 1. The van der Waals surface area contributed by atoms with Gasteiger partial charge in [-0.25, -0.2) is 0 Å². The van der Waals surface area contributed by atoms with Gasteiger partial charge in [0.05, 0.1) is 6.04 Å². The number of likely N-dealkylation sites (N-methyl/N-ethyl adjacent to an activating group) is 1. The van der Waals surface area contributed by atoms with E-state index in [2.05, 4.69) is 44.5 Å². The Kier molecular flexibility index (Phi) is 3.29. The lowest BCUT2D eigenvalue weighted by Crippen LogP contribution is -2.57. The minimum absolute atomic E-state index is 0.686. The molecule has 0 unspecified atom stereocenters. The molecule has 2 aliphatic rings. The molecular formula is C14H26N2. The minimum atomic E-state index is 0.686. The Hall–Kier alpha value is -0.500. The Balaban J connectivity index is 2.15. The highest BCUT2D eigenvalue weighted by atomic mass is 15.3. The summed E-state index contributed by atoms with van der Waals surface area (Å²) in [5, 5.41) is 0. The van der Waals surface area contributed by atoms with E-state index in [0.717, 1.165) is 12.0 Å². The third-order valence-corrected chi connectivity index (χ3v) is 3.99. The molecule has 0 aliphatic carbocycles. The van der Waals surface area contributed by atoms with Crippen molar-refractivity contribution in [3.05, 3.63) is 11.3 Å². The second kappa shape index (κ2) is 4.40. The first-order valence-corrected chi connectivity index (χ1v) is 6.68. The van der Waals surface area contributed by atoms with Gasteiger partial charge in [0.25, 0.3) is 0 Å². The lowest BCUT2D eigenvalue weighted by Gasteiger charge is -2.45. The first-order valence-electron chi connectivity index (χ1n) is 6.68. The van der Waals surface area contributed by atoms with Crippen molar-refractivity contribution in [2.75, 3.05) is 26.7 Å². The topological polar surface area (TPSA) is 6.48 Å². The quantitative estimate of drug-likeness (QED) is 0.724. The zero-order chi connectivity index (χ0) is 11.9. The van der Waals surface area contributed by atoms with Crippen LogP contribution in [-0.4, -0.2) is 42.5 Å². The standard InChI is InChI=1S/C14H26N2/c1-10(2)13-6-7-16(14(13)11(3)4)12-8-15(5)9-12/h10-12H,6-9H2,1-5H3. The van der Waals surface area contributed by atoms with E-state index in [-0.39, 0.29) is 0 Å². The molecule has 2 heteroatoms. The summed E-state index contributed by atoms with van der Waals surface area (Å²) in [6.45, 7) is 13.1. The molecule has 0 spiro atoms. The van der Waals surface area contributed by atoms with E-state index in [9.17, 15) is 0 Å². The molecule has 2 rings (SSSR count). The van der Waals surface area contributed by atoms with Crippen molar-refractivity contribution in [2.24, 2.45) is 11.8 Å². The summed E-state index contributed by atoms with van der Waals surface area (Å²) in [6, 6.07) is 0.790. The highest BCUT2D eigenvalue weighted by molar-refractivity contribution is 5.24. The Morgan fingerprint density at radius 1 is 1.06 bits per heavy atom. The molecule has 0 aromatic rings. The van der Waals surface area contributed by atoms with Crippen molar-refractivity contribution in [3.63, 3.8) is 0 Å². The van der Waals surface area contributed by atoms with E-state index >= 15 is 0 Å². The van der Waals surface area contributed by atoms with E-state index in [1.54, 1.807) is 11.3 Å². The molecule has 0 N–H and O–H groups in total. The lowest BCUT2D eigenvalue weighted by atomic mass is 9.95. The van der Waals surface area contributed by atoms with Gasteiger partial charge in [-0.1, -0.05) is 27.7 Å². The Bertz CT molecular complexity index is 285. The van der Waals surface area contributed by atoms with E-state index in [0.29, 0.717) is 5.92 Å². The molecule has 0 saturated carbocycles. The maximum absolute atomic E-state index is 2.69. The van der Waals surface area contributed by atoms with Crippen LogP contribution >= 0.6 is 0 Å². The third-order valence-electron chi connectivity index (χ3n) is 3.99. The smallest absolute Gasteiger partial charge is 0.0541 e. The van der Waals surface area contributed by atoms with Gasteiger partial charge >= 0.3 is 0 Å². The average Bonchev–Trinajstić information content (AvgIpc) is 2.56. The number of allylic oxidation sites excluding steroid dienone is 1. The molecule has 0 aromatic carbocycles. The minimum Gasteiger partial charge on any atom is -0.369 e. The van der Waals surface area contributed by atoms with Crippen LogP contribution in [0.25, 0.3) is 0 Å². The fourth-order valence-electron chi connectivity index (χ4n) is 3.20. The Morgan fingerprint density at radius 2 is 1.69 bits per heavy atom. The normalized spacial score (nSPS) is 23.8. The molecule has 92 valence electrons. The fourth-order valence-corrected chi connectivity index (χ4v) is 3.20. The monoisotopic (exact) mass is 222 g/mol. The molecule has 2 aliphatic heterocycles. The van der Waals surface area contributed by atoms with Crippen LogP contribution in [-0.2, 0) is 0 Å². The van der Waals surface area contributed by atoms with Gasteiger partial charge in [0.2, 0.25) is 0 Å². The van der Waals surface area contributed by atoms with Crippen LogP contribution in [0, 0.1) is 11.8 Å². The van der Waals surface area contributed by atoms with E-state index in [1.165, 1.54) is 26.1 Å². The molecule has 0 bridgehead atoms. The van der Waals surface area contributed by atoms with Gasteiger partial charge in [0, 0.05) is 25.3 Å². The van der Waals surface area contributed by atoms with Crippen LogP contribution in [0.3, 0.4) is 0 Å². The Labute approximate surface area is 100 Å². The average molecular weight is 222 g/mol. The molecule has 0 radical (unpaired) electrons. The molecular weight excluding hydrogens is 196 g/mol. The van der Waals surface area contributed by atoms with Crippen molar-refractivity contribution < 1.29 is 0 Å². The third kappa shape index (κ3) is 2.00. The highest BCUT2D eigenvalue weighted by Crippen LogP contribution is 2.36. The molecule has 2 heterocycles. The van der Waals surface area contributed by atoms with Crippen LogP contribution in [0.5, 0.6) is 0 Å². The van der Waals surface area contributed by atoms with Crippen LogP contribution in [0.1, 0.15) is 34.1 Å². The van der Waals surface area contributed by atoms with Gasteiger partial charge in [-0.05, 0) is 30.9 Å². The van der Waals surface area contributed by atoms with Crippen LogP contribution < -0.4 is 0 Å². The number of hydrogen-bond donors (Lipinski definition) is 0. The van der Waals surface area contributed by atoms with Crippen molar-refractivity contribution in [1.82, 2.24) is 9.80 Å². The summed E-state index contributed by atoms with van der Waals surface area (Å²) in [6.07, 6.45) is 1.30. The van der Waals surface area contributed by atoms with Gasteiger partial charge in [-0.3, -0.25) is 0 Å². The summed E-state index contributed by atoms with van der Waals surface area (Å²) in [5.74, 6) is 1.41. The van der Waals surface area contributed by atoms with Crippen LogP contribution in [0.15, 0.2) is 11.3 Å². The zero-order valence-electron chi connectivity index (χ0n) is 11.5. The Morgan fingerprint density at radius 3 is 2.12 bits per heavy atom. The molecule has 0 aromatic heterocycles. The second-order valence-electron chi connectivity index (χ2n) is 6.04. The van der Waals surface area contributed by atoms with Gasteiger partial charge in [0.1, 0.15) is 0 Å². The van der Waals surface area contributed by atoms with Crippen molar-refractivity contribution >= 4 is 0 Å². The van der Waals surface area contributed by atoms with E-state index in [4.69, 9.17) is 0 Å². The predicted molar refractivity (Wildman–Crippen MR) is 69.3 cm³/mol. The van der Waals surface area contributed by atoms with Gasteiger partial charge in [-0.15, -0.1) is 0 Å². The van der Waals surface area contributed by atoms with Crippen molar-refractivity contribution in [3.8, 4) is 0 Å². The SMILES string of the molecule is CC(C)C1=C(C(C)C)N(C2CN(C)C2)CC1. The summed E-state index contributed by atoms with van der Waals surface area (Å²) >= 11 is 0. The molecule has 0 atom stereocenters. The van der Waals surface area contributed by atoms with Gasteiger partial charge in [0.15, 0.2) is 0 Å². The largest absolute Gasteiger partial charge is 0.369 e. The number of hydrogen-bond acceptors (Lipinski definition) is 2. The number of rotatable bonds is 3. The molecule has 0 amide bonds. The first-order chi connectivity index (χ1) is 7.50. The van der Waals surface area contributed by atoms with Crippen molar-refractivity contribution in [1.29, 1.82) is 0 Å². The lowest BCUT2D eigenvalue weighted by molar-refractivity contribution is 0.0768. The van der Waals surface area contributed by atoms with Crippen LogP contribution in [0.4, 0.5) is 0 Å². The van der Waals surface area contributed by atoms with Gasteiger partial charge in [-0.2, -0.15) is 0 Å². The predicted octanol–water partition coefficient (Wildman–Crippen LogP) is 2.57. The maximum atomic E-state index is 2.69. The van der Waals surface area contributed by atoms with E-state index in [1.807, 2.05) is 0 Å². The fraction of sp³-hybridized carbons (Fsp3) is 0.857. The second-order valence-corrected chi connectivity index (χ2v) is 6.04. The maximum Gasteiger partial charge on any atom is 0.0541 e. The summed E-state index contributed by atoms with van der Waals surface area (Å²) in [7, 11) is 2.22.